The number of aliphatic imine (C=N–C) groups is 1. The number of pyridine rings is 1. The average molecular weight is 340 g/mol. The largest absolute Gasteiger partial charge is 0.403 e. The van der Waals surface area contributed by atoms with E-state index in [0.717, 1.165) is 18.4 Å². The molecular weight excluding hydrogens is 316 g/mol. The summed E-state index contributed by atoms with van der Waals surface area (Å²) in [6, 6.07) is 2.08. The van der Waals surface area contributed by atoms with Crippen molar-refractivity contribution < 1.29 is 4.79 Å². The summed E-state index contributed by atoms with van der Waals surface area (Å²) in [5, 5.41) is 0. The Labute approximate surface area is 147 Å². The van der Waals surface area contributed by atoms with E-state index in [2.05, 4.69) is 16.5 Å². The molecule has 0 unspecified atom stereocenters. The number of piperazine rings is 1. The summed E-state index contributed by atoms with van der Waals surface area (Å²) in [5.41, 5.74) is 14.2. The molecule has 1 saturated heterocycles. The molecule has 0 radical (unpaired) electrons. The number of aromatic nitrogens is 1. The monoisotopic (exact) mass is 340 g/mol. The minimum atomic E-state index is 0.0107. The lowest BCUT2D eigenvalue weighted by Gasteiger charge is -2.40. The van der Waals surface area contributed by atoms with Crippen LogP contribution in [0.5, 0.6) is 0 Å². The van der Waals surface area contributed by atoms with E-state index in [1.165, 1.54) is 19.0 Å². The van der Waals surface area contributed by atoms with Crippen LogP contribution in [-0.2, 0) is 4.79 Å². The van der Waals surface area contributed by atoms with Gasteiger partial charge in [0.15, 0.2) is 5.84 Å². The third-order valence-electron chi connectivity index (χ3n) is 4.87. The lowest BCUT2D eigenvalue weighted by molar-refractivity contribution is -0.129. The number of carbonyl (C=O) groups excluding carboxylic acids is 1. The van der Waals surface area contributed by atoms with Gasteiger partial charge in [0.05, 0.1) is 24.1 Å². The van der Waals surface area contributed by atoms with Crippen LogP contribution in [0.3, 0.4) is 0 Å². The fourth-order valence-electron chi connectivity index (χ4n) is 3.44. The SMILES string of the molecule is C=C(N=C1/C(=C\N)N(C)C(=O)CN1C1CCCC1)c1ccncc1N. The van der Waals surface area contributed by atoms with Crippen molar-refractivity contribution in [2.24, 2.45) is 10.7 Å². The lowest BCUT2D eigenvalue weighted by Crippen LogP contribution is -2.54. The van der Waals surface area contributed by atoms with Gasteiger partial charge in [0.1, 0.15) is 5.70 Å². The highest BCUT2D eigenvalue weighted by atomic mass is 16.2. The number of hydrogen-bond donors (Lipinski definition) is 2. The smallest absolute Gasteiger partial charge is 0.246 e. The van der Waals surface area contributed by atoms with E-state index in [4.69, 9.17) is 16.5 Å². The van der Waals surface area contributed by atoms with Crippen molar-refractivity contribution in [3.05, 3.63) is 42.5 Å². The molecule has 25 heavy (non-hydrogen) atoms. The highest BCUT2D eigenvalue weighted by molar-refractivity contribution is 6.08. The maximum Gasteiger partial charge on any atom is 0.246 e. The van der Waals surface area contributed by atoms with E-state index < -0.39 is 0 Å². The number of amidine groups is 1. The lowest BCUT2D eigenvalue weighted by atomic mass is 10.1. The Hall–Kier alpha value is -2.83. The van der Waals surface area contributed by atoms with Gasteiger partial charge >= 0.3 is 0 Å². The number of rotatable bonds is 3. The molecule has 132 valence electrons. The number of nitrogens with two attached hydrogens (primary N) is 2. The molecule has 1 aliphatic heterocycles. The molecular formula is C18H24N6O. The summed E-state index contributed by atoms with van der Waals surface area (Å²) in [6.07, 6.45) is 9.10. The molecule has 0 spiro atoms. The van der Waals surface area contributed by atoms with Gasteiger partial charge in [-0.25, -0.2) is 4.99 Å². The van der Waals surface area contributed by atoms with Crippen LogP contribution in [-0.4, -0.2) is 46.2 Å². The van der Waals surface area contributed by atoms with E-state index >= 15 is 0 Å². The summed E-state index contributed by atoms with van der Waals surface area (Å²) in [7, 11) is 1.71. The van der Waals surface area contributed by atoms with E-state index in [1.807, 2.05) is 0 Å². The topological polar surface area (TPSA) is 101 Å². The van der Waals surface area contributed by atoms with Crippen molar-refractivity contribution in [2.45, 2.75) is 31.7 Å². The van der Waals surface area contributed by atoms with E-state index in [1.54, 1.807) is 30.4 Å². The second-order valence-corrected chi connectivity index (χ2v) is 6.42. The van der Waals surface area contributed by atoms with Gasteiger partial charge in [-0.2, -0.15) is 0 Å². The molecule has 1 saturated carbocycles. The third kappa shape index (κ3) is 3.22. The van der Waals surface area contributed by atoms with Crippen LogP contribution in [0.4, 0.5) is 5.69 Å². The standard InChI is InChI=1S/C18H24N6O/c1-12(14-7-8-21-10-15(14)20)22-18-16(9-19)23(2)17(25)11-24(18)13-5-3-4-6-13/h7-10,13H,1,3-6,11,19-20H2,2H3/b16-9+,22-18?. The van der Waals surface area contributed by atoms with Crippen molar-refractivity contribution >= 4 is 23.1 Å². The minimum Gasteiger partial charge on any atom is -0.403 e. The van der Waals surface area contributed by atoms with Crippen molar-refractivity contribution in [3.63, 3.8) is 0 Å². The van der Waals surface area contributed by atoms with Gasteiger partial charge < -0.3 is 21.3 Å². The maximum atomic E-state index is 12.4. The normalized spacial score (nSPS) is 22.2. The van der Waals surface area contributed by atoms with Gasteiger partial charge in [-0.3, -0.25) is 9.78 Å². The van der Waals surface area contributed by atoms with E-state index in [9.17, 15) is 4.79 Å². The quantitative estimate of drug-likeness (QED) is 0.869. The first kappa shape index (κ1) is 17.0. The first-order valence-electron chi connectivity index (χ1n) is 8.46. The van der Waals surface area contributed by atoms with Crippen molar-refractivity contribution in [3.8, 4) is 0 Å². The summed E-state index contributed by atoms with van der Waals surface area (Å²) in [5.74, 6) is 0.689. The van der Waals surface area contributed by atoms with E-state index in [-0.39, 0.29) is 5.91 Å². The Morgan fingerprint density at radius 1 is 1.44 bits per heavy atom. The first-order valence-corrected chi connectivity index (χ1v) is 8.46. The molecule has 0 bridgehead atoms. The molecule has 7 nitrogen and oxygen atoms in total. The summed E-state index contributed by atoms with van der Waals surface area (Å²) in [6.45, 7) is 4.36. The van der Waals surface area contributed by atoms with Gasteiger partial charge in [-0.1, -0.05) is 19.4 Å². The highest BCUT2D eigenvalue weighted by Crippen LogP contribution is 2.30. The van der Waals surface area contributed by atoms with Crippen LogP contribution < -0.4 is 11.5 Å². The van der Waals surface area contributed by atoms with Gasteiger partial charge in [-0.15, -0.1) is 0 Å². The summed E-state index contributed by atoms with van der Waals surface area (Å²) < 4.78 is 0. The fraction of sp³-hybridized carbons (Fsp3) is 0.389. The number of nitrogen functional groups attached to an aromatic ring is 1. The predicted molar refractivity (Wildman–Crippen MR) is 99.1 cm³/mol. The van der Waals surface area contributed by atoms with Gasteiger partial charge in [0.2, 0.25) is 5.91 Å². The van der Waals surface area contributed by atoms with Crippen LogP contribution in [0, 0.1) is 0 Å². The molecule has 1 aromatic rings. The first-order chi connectivity index (χ1) is 12.0. The molecule has 2 heterocycles. The molecule has 1 amide bonds. The Balaban J connectivity index is 2.01. The van der Waals surface area contributed by atoms with Crippen LogP contribution >= 0.6 is 0 Å². The summed E-state index contributed by atoms with van der Waals surface area (Å²) in [4.78, 5) is 24.7. The zero-order valence-corrected chi connectivity index (χ0v) is 14.5. The second-order valence-electron chi connectivity index (χ2n) is 6.42. The van der Waals surface area contributed by atoms with Crippen LogP contribution in [0.15, 0.2) is 41.9 Å². The minimum absolute atomic E-state index is 0.0107. The third-order valence-corrected chi connectivity index (χ3v) is 4.87. The molecule has 4 N–H and O–H groups in total. The maximum absolute atomic E-state index is 12.4. The van der Waals surface area contributed by atoms with Crippen molar-refractivity contribution in [2.75, 3.05) is 19.3 Å². The van der Waals surface area contributed by atoms with Crippen molar-refractivity contribution in [1.29, 1.82) is 0 Å². The van der Waals surface area contributed by atoms with Crippen LogP contribution in [0.25, 0.3) is 5.70 Å². The van der Waals surface area contributed by atoms with Crippen LogP contribution in [0.2, 0.25) is 0 Å². The number of likely N-dealkylation sites (N-methyl/N-ethyl adjacent to an activating group) is 1. The number of nitrogens with zero attached hydrogens (tertiary/aromatic N) is 4. The molecule has 1 aromatic heterocycles. The Bertz CT molecular complexity index is 748. The van der Waals surface area contributed by atoms with Gasteiger partial charge in [0.25, 0.3) is 0 Å². The molecule has 2 fully saturated rings. The van der Waals surface area contributed by atoms with E-state index in [0.29, 0.717) is 35.5 Å². The molecule has 2 aliphatic rings. The van der Waals surface area contributed by atoms with Gasteiger partial charge in [0, 0.05) is 31.0 Å². The fourth-order valence-corrected chi connectivity index (χ4v) is 3.44. The number of hydrogen-bond acceptors (Lipinski definition) is 5. The zero-order chi connectivity index (χ0) is 18.0. The molecule has 3 rings (SSSR count). The Morgan fingerprint density at radius 2 is 2.16 bits per heavy atom. The predicted octanol–water partition coefficient (Wildman–Crippen LogP) is 1.55. The summed E-state index contributed by atoms with van der Waals surface area (Å²) >= 11 is 0. The molecule has 1 aliphatic carbocycles. The Kier molecular flexibility index (Phi) is 4.74. The zero-order valence-electron chi connectivity index (χ0n) is 14.5. The average Bonchev–Trinajstić information content (AvgIpc) is 3.13. The molecule has 0 atom stereocenters. The van der Waals surface area contributed by atoms with Gasteiger partial charge in [-0.05, 0) is 18.9 Å². The number of amides is 1. The number of anilines is 1. The Morgan fingerprint density at radius 3 is 2.80 bits per heavy atom. The number of carbonyl (C=O) groups is 1. The molecule has 7 heteroatoms. The van der Waals surface area contributed by atoms with Crippen molar-refractivity contribution in [1.82, 2.24) is 14.8 Å². The second kappa shape index (κ2) is 6.96. The van der Waals surface area contributed by atoms with Crippen LogP contribution in [0.1, 0.15) is 31.2 Å². The highest BCUT2D eigenvalue weighted by Gasteiger charge is 2.36. The molecule has 0 aromatic carbocycles.